The van der Waals surface area contributed by atoms with Crippen LogP contribution in [0, 0.1) is 9.49 Å². The first-order valence-electron chi connectivity index (χ1n) is 9.17. The molecule has 0 aliphatic heterocycles. The molecule has 0 radical (unpaired) electrons. The van der Waals surface area contributed by atoms with Crippen LogP contribution in [0.25, 0.3) is 0 Å². The van der Waals surface area contributed by atoms with Gasteiger partial charge in [-0.3, -0.25) is 14.4 Å². The van der Waals surface area contributed by atoms with Gasteiger partial charge in [0.1, 0.15) is 0 Å². The highest BCUT2D eigenvalue weighted by atomic mass is 127. The summed E-state index contributed by atoms with van der Waals surface area (Å²) >= 11 is 2.17. The third-order valence-electron chi connectivity index (χ3n) is 4.31. The minimum absolute atomic E-state index is 0.0927. The van der Waals surface area contributed by atoms with E-state index in [-0.39, 0.29) is 25.4 Å². The first-order valence-corrected chi connectivity index (χ1v) is 10.2. The van der Waals surface area contributed by atoms with E-state index >= 15 is 0 Å². The SMILES string of the molecule is CCOC(=O)C(CCc1c(I)cn(C)c1C(=O)c1ccccc1)C(=O)OCC. The molecule has 150 valence electrons. The van der Waals surface area contributed by atoms with Gasteiger partial charge in [0.2, 0.25) is 5.78 Å². The molecule has 7 heteroatoms. The van der Waals surface area contributed by atoms with Gasteiger partial charge in [-0.05, 0) is 54.8 Å². The molecule has 0 fully saturated rings. The molecule has 2 aromatic rings. The van der Waals surface area contributed by atoms with Gasteiger partial charge in [0.25, 0.3) is 0 Å². The van der Waals surface area contributed by atoms with E-state index in [1.54, 1.807) is 30.5 Å². The topological polar surface area (TPSA) is 74.6 Å². The minimum Gasteiger partial charge on any atom is -0.465 e. The van der Waals surface area contributed by atoms with E-state index < -0.39 is 17.9 Å². The number of ketones is 1. The Hall–Kier alpha value is -2.16. The quantitative estimate of drug-likeness (QED) is 0.229. The predicted molar refractivity (Wildman–Crippen MR) is 113 cm³/mol. The molecule has 0 atom stereocenters. The van der Waals surface area contributed by atoms with Crippen LogP contribution in [0.3, 0.4) is 0 Å². The van der Waals surface area contributed by atoms with E-state index in [1.165, 1.54) is 0 Å². The van der Waals surface area contributed by atoms with Crippen molar-refractivity contribution in [2.75, 3.05) is 13.2 Å². The molecule has 0 saturated carbocycles. The fraction of sp³-hybridized carbons (Fsp3) is 0.381. The van der Waals surface area contributed by atoms with E-state index in [2.05, 4.69) is 22.6 Å². The van der Waals surface area contributed by atoms with Crippen LogP contribution >= 0.6 is 22.6 Å². The number of hydrogen-bond donors (Lipinski definition) is 0. The van der Waals surface area contributed by atoms with Crippen LogP contribution in [0.15, 0.2) is 36.5 Å². The molecule has 0 unspecified atom stereocenters. The Kier molecular flexibility index (Phi) is 8.22. The van der Waals surface area contributed by atoms with E-state index in [1.807, 2.05) is 31.4 Å². The summed E-state index contributed by atoms with van der Waals surface area (Å²) in [5, 5.41) is 0. The second-order valence-electron chi connectivity index (χ2n) is 6.21. The van der Waals surface area contributed by atoms with Gasteiger partial charge in [0, 0.05) is 22.4 Å². The second kappa shape index (κ2) is 10.4. The van der Waals surface area contributed by atoms with Crippen molar-refractivity contribution in [3.05, 3.63) is 56.9 Å². The van der Waals surface area contributed by atoms with Crippen molar-refractivity contribution < 1.29 is 23.9 Å². The highest BCUT2D eigenvalue weighted by Crippen LogP contribution is 2.25. The van der Waals surface area contributed by atoms with Gasteiger partial charge in [0.15, 0.2) is 5.92 Å². The number of aryl methyl sites for hydroxylation is 1. The monoisotopic (exact) mass is 497 g/mol. The maximum absolute atomic E-state index is 13.0. The van der Waals surface area contributed by atoms with E-state index in [0.717, 1.165) is 9.13 Å². The molecule has 0 N–H and O–H groups in total. The van der Waals surface area contributed by atoms with Crippen LogP contribution in [0.1, 0.15) is 41.9 Å². The molecular formula is C21H24INO5. The van der Waals surface area contributed by atoms with Crippen LogP contribution < -0.4 is 0 Å². The molecule has 1 aromatic carbocycles. The summed E-state index contributed by atoms with van der Waals surface area (Å²) in [4.78, 5) is 37.4. The lowest BCUT2D eigenvalue weighted by Gasteiger charge is -2.15. The zero-order chi connectivity index (χ0) is 20.7. The number of carbonyl (C=O) groups is 3. The Morgan fingerprint density at radius 3 is 2.14 bits per heavy atom. The normalized spacial score (nSPS) is 10.8. The lowest BCUT2D eigenvalue weighted by Crippen LogP contribution is -2.29. The van der Waals surface area contributed by atoms with Crippen molar-refractivity contribution in [2.45, 2.75) is 26.7 Å². The Labute approximate surface area is 178 Å². The molecule has 0 aliphatic carbocycles. The van der Waals surface area contributed by atoms with Crippen LogP contribution in [0.2, 0.25) is 0 Å². The minimum atomic E-state index is -1.00. The highest BCUT2D eigenvalue weighted by Gasteiger charge is 2.30. The molecular weight excluding hydrogens is 473 g/mol. The molecule has 2 rings (SSSR count). The first-order chi connectivity index (χ1) is 13.4. The summed E-state index contributed by atoms with van der Waals surface area (Å²) in [5.41, 5.74) is 1.96. The Morgan fingerprint density at radius 2 is 1.61 bits per heavy atom. The zero-order valence-corrected chi connectivity index (χ0v) is 18.4. The van der Waals surface area contributed by atoms with Gasteiger partial charge >= 0.3 is 11.9 Å². The van der Waals surface area contributed by atoms with Crippen molar-refractivity contribution in [3.8, 4) is 0 Å². The van der Waals surface area contributed by atoms with Gasteiger partial charge < -0.3 is 14.0 Å². The summed E-state index contributed by atoms with van der Waals surface area (Å²) in [6, 6.07) is 9.03. The van der Waals surface area contributed by atoms with E-state index in [4.69, 9.17) is 9.47 Å². The Morgan fingerprint density at radius 1 is 1.04 bits per heavy atom. The third kappa shape index (κ3) is 5.21. The number of hydrogen-bond acceptors (Lipinski definition) is 5. The molecule has 0 aliphatic rings. The fourth-order valence-corrected chi connectivity index (χ4v) is 3.95. The lowest BCUT2D eigenvalue weighted by atomic mass is 9.97. The number of halogens is 1. The molecule has 6 nitrogen and oxygen atoms in total. The highest BCUT2D eigenvalue weighted by molar-refractivity contribution is 14.1. The number of esters is 2. The third-order valence-corrected chi connectivity index (χ3v) is 5.24. The number of nitrogens with zero attached hydrogens (tertiary/aromatic N) is 1. The molecule has 0 amide bonds. The summed E-state index contributed by atoms with van der Waals surface area (Å²) < 4.78 is 12.8. The van der Waals surface area contributed by atoms with Crippen LogP contribution in [0.5, 0.6) is 0 Å². The second-order valence-corrected chi connectivity index (χ2v) is 7.37. The largest absolute Gasteiger partial charge is 0.465 e. The van der Waals surface area contributed by atoms with Gasteiger partial charge in [-0.15, -0.1) is 0 Å². The first kappa shape index (κ1) is 22.1. The molecule has 1 heterocycles. The van der Waals surface area contributed by atoms with Gasteiger partial charge in [-0.1, -0.05) is 30.3 Å². The fourth-order valence-electron chi connectivity index (χ4n) is 3.01. The molecule has 0 saturated heterocycles. The molecule has 28 heavy (non-hydrogen) atoms. The number of rotatable bonds is 9. The number of aromatic nitrogens is 1. The standard InChI is InChI=1S/C21H24INO5/c1-4-27-20(25)16(21(26)28-5-2)12-11-15-17(22)13-23(3)18(15)19(24)14-9-7-6-8-10-14/h6-10,13,16H,4-5,11-12H2,1-3H3. The van der Waals surface area contributed by atoms with Crippen molar-refractivity contribution in [1.82, 2.24) is 4.57 Å². The summed E-state index contributed by atoms with van der Waals surface area (Å²) in [5.74, 6) is -2.29. The van der Waals surface area contributed by atoms with E-state index in [9.17, 15) is 14.4 Å². The Balaban J connectivity index is 2.28. The average molecular weight is 497 g/mol. The van der Waals surface area contributed by atoms with Crippen molar-refractivity contribution in [1.29, 1.82) is 0 Å². The maximum atomic E-state index is 13.0. The van der Waals surface area contributed by atoms with Crippen LogP contribution in [-0.4, -0.2) is 35.5 Å². The van der Waals surface area contributed by atoms with Gasteiger partial charge in [-0.25, -0.2) is 0 Å². The van der Waals surface area contributed by atoms with E-state index in [0.29, 0.717) is 17.7 Å². The zero-order valence-electron chi connectivity index (χ0n) is 16.2. The molecule has 1 aromatic heterocycles. The van der Waals surface area contributed by atoms with Gasteiger partial charge in [0.05, 0.1) is 18.9 Å². The Bertz CT molecular complexity index is 826. The molecule has 0 bridgehead atoms. The van der Waals surface area contributed by atoms with Gasteiger partial charge in [-0.2, -0.15) is 0 Å². The van der Waals surface area contributed by atoms with Crippen molar-refractivity contribution in [3.63, 3.8) is 0 Å². The average Bonchev–Trinajstić information content (AvgIpc) is 2.95. The molecule has 0 spiro atoms. The van der Waals surface area contributed by atoms with Crippen LogP contribution in [0.4, 0.5) is 0 Å². The smallest absolute Gasteiger partial charge is 0.320 e. The van der Waals surface area contributed by atoms with Crippen molar-refractivity contribution in [2.24, 2.45) is 13.0 Å². The summed E-state index contributed by atoms with van der Waals surface area (Å²) in [6.07, 6.45) is 2.47. The summed E-state index contributed by atoms with van der Waals surface area (Å²) in [7, 11) is 1.82. The van der Waals surface area contributed by atoms with Crippen LogP contribution in [-0.2, 0) is 32.5 Å². The summed E-state index contributed by atoms with van der Waals surface area (Å²) in [6.45, 7) is 3.76. The van der Waals surface area contributed by atoms with Crippen molar-refractivity contribution >= 4 is 40.3 Å². The number of ether oxygens (including phenoxy) is 2. The lowest BCUT2D eigenvalue weighted by molar-refractivity contribution is -0.161. The number of carbonyl (C=O) groups excluding carboxylic acids is 3. The number of benzene rings is 1. The predicted octanol–water partition coefficient (Wildman–Crippen LogP) is 3.54. The maximum Gasteiger partial charge on any atom is 0.320 e.